The van der Waals surface area contributed by atoms with E-state index in [9.17, 15) is 13.2 Å². The number of benzene rings is 1. The molecule has 8 nitrogen and oxygen atoms in total. The fraction of sp³-hybridized carbons (Fsp3) is 0.286. The van der Waals surface area contributed by atoms with Gasteiger partial charge in [-0.05, 0) is 18.2 Å². The molecular formula is C14H16N4O4S. The molecule has 0 aliphatic carbocycles. The Bertz CT molecular complexity index is 821. The number of sulfonamides is 1. The van der Waals surface area contributed by atoms with Crippen LogP contribution in [0, 0.1) is 0 Å². The van der Waals surface area contributed by atoms with Gasteiger partial charge in [0.15, 0.2) is 5.69 Å². The molecule has 2 N–H and O–H groups in total. The Kier molecular flexibility index (Phi) is 3.95. The Labute approximate surface area is 133 Å². The van der Waals surface area contributed by atoms with Crippen molar-refractivity contribution < 1.29 is 17.9 Å². The summed E-state index contributed by atoms with van der Waals surface area (Å²) >= 11 is 0. The monoisotopic (exact) mass is 336 g/mol. The highest BCUT2D eigenvalue weighted by molar-refractivity contribution is 7.92. The van der Waals surface area contributed by atoms with Crippen LogP contribution in [0.15, 0.2) is 30.3 Å². The van der Waals surface area contributed by atoms with Crippen molar-refractivity contribution in [3.05, 3.63) is 36.0 Å². The maximum atomic E-state index is 12.2. The number of hydrogen-bond donors (Lipinski definition) is 2. The number of hydrogen-bond acceptors (Lipinski definition) is 5. The Morgan fingerprint density at radius 3 is 2.83 bits per heavy atom. The highest BCUT2D eigenvalue weighted by Crippen LogP contribution is 2.20. The van der Waals surface area contributed by atoms with Crippen LogP contribution >= 0.6 is 0 Å². The molecular weight excluding hydrogens is 320 g/mol. The third-order valence-corrected chi connectivity index (χ3v) is 3.77. The first-order valence-electron chi connectivity index (χ1n) is 7.00. The van der Waals surface area contributed by atoms with Crippen LogP contribution in [0.5, 0.6) is 5.88 Å². The van der Waals surface area contributed by atoms with Gasteiger partial charge in [-0.3, -0.25) is 9.52 Å². The van der Waals surface area contributed by atoms with Crippen LogP contribution in [0.4, 0.5) is 11.4 Å². The number of amides is 1. The second kappa shape index (κ2) is 5.92. The van der Waals surface area contributed by atoms with Crippen LogP contribution < -0.4 is 14.8 Å². The molecule has 0 spiro atoms. The number of rotatable bonds is 4. The van der Waals surface area contributed by atoms with E-state index in [0.717, 1.165) is 19.2 Å². The molecule has 2 aromatic rings. The van der Waals surface area contributed by atoms with E-state index < -0.39 is 10.0 Å². The molecule has 122 valence electrons. The number of aryl methyl sites for hydroxylation is 1. The van der Waals surface area contributed by atoms with E-state index in [2.05, 4.69) is 15.1 Å². The molecule has 1 aromatic heterocycles. The van der Waals surface area contributed by atoms with Gasteiger partial charge in [-0.2, -0.15) is 5.10 Å². The van der Waals surface area contributed by atoms with Crippen molar-refractivity contribution in [3.63, 3.8) is 0 Å². The molecule has 23 heavy (non-hydrogen) atoms. The van der Waals surface area contributed by atoms with Crippen molar-refractivity contribution in [1.82, 2.24) is 9.78 Å². The molecule has 0 fully saturated rings. The maximum absolute atomic E-state index is 12.2. The van der Waals surface area contributed by atoms with Gasteiger partial charge in [0, 0.05) is 24.7 Å². The molecule has 1 aliphatic heterocycles. The summed E-state index contributed by atoms with van der Waals surface area (Å²) in [7, 11) is -3.37. The van der Waals surface area contributed by atoms with Gasteiger partial charge in [0.1, 0.15) is 0 Å². The lowest BCUT2D eigenvalue weighted by Gasteiger charge is -2.13. The molecule has 0 saturated heterocycles. The highest BCUT2D eigenvalue weighted by atomic mass is 32.2. The predicted octanol–water partition coefficient (Wildman–Crippen LogP) is 1.29. The lowest BCUT2D eigenvalue weighted by molar-refractivity contribution is 0.102. The van der Waals surface area contributed by atoms with E-state index in [4.69, 9.17) is 4.74 Å². The van der Waals surface area contributed by atoms with Gasteiger partial charge in [0.05, 0.1) is 18.6 Å². The summed E-state index contributed by atoms with van der Waals surface area (Å²) < 4.78 is 31.9. The lowest BCUT2D eigenvalue weighted by Crippen LogP contribution is -2.16. The first-order chi connectivity index (χ1) is 10.9. The van der Waals surface area contributed by atoms with Gasteiger partial charge in [0.2, 0.25) is 15.9 Å². The highest BCUT2D eigenvalue weighted by Gasteiger charge is 2.18. The standard InChI is InChI=1S/C14H16N4O4S/c1-23(20,21)17-11-5-2-4-10(8-11)15-14(19)12-9-13-18(16-12)6-3-7-22-13/h2,4-5,8-9,17H,3,6-7H2,1H3,(H,15,19). The van der Waals surface area contributed by atoms with Crippen molar-refractivity contribution in [2.75, 3.05) is 22.9 Å². The Balaban J connectivity index is 1.75. The average molecular weight is 336 g/mol. The van der Waals surface area contributed by atoms with Gasteiger partial charge in [-0.15, -0.1) is 0 Å². The van der Waals surface area contributed by atoms with Crippen molar-refractivity contribution in [2.24, 2.45) is 0 Å². The molecule has 9 heteroatoms. The number of carbonyl (C=O) groups is 1. The van der Waals surface area contributed by atoms with Crippen LogP contribution in [0.3, 0.4) is 0 Å². The molecule has 0 atom stereocenters. The van der Waals surface area contributed by atoms with Gasteiger partial charge >= 0.3 is 0 Å². The summed E-state index contributed by atoms with van der Waals surface area (Å²) in [5.41, 5.74) is 1.09. The summed E-state index contributed by atoms with van der Waals surface area (Å²) in [5.74, 6) is 0.195. The Morgan fingerprint density at radius 2 is 2.09 bits per heavy atom. The van der Waals surface area contributed by atoms with E-state index in [1.165, 1.54) is 6.07 Å². The quantitative estimate of drug-likeness (QED) is 0.876. The minimum Gasteiger partial charge on any atom is -0.478 e. The third-order valence-electron chi connectivity index (χ3n) is 3.16. The smallest absolute Gasteiger partial charge is 0.276 e. The number of ether oxygens (including phenoxy) is 1. The largest absolute Gasteiger partial charge is 0.478 e. The van der Waals surface area contributed by atoms with Gasteiger partial charge < -0.3 is 10.1 Å². The van der Waals surface area contributed by atoms with Crippen LogP contribution in [0.1, 0.15) is 16.9 Å². The number of nitrogens with zero attached hydrogens (tertiary/aromatic N) is 2. The Morgan fingerprint density at radius 1 is 1.30 bits per heavy atom. The number of nitrogens with one attached hydrogen (secondary N) is 2. The number of anilines is 2. The summed E-state index contributed by atoms with van der Waals surface area (Å²) in [6, 6.07) is 8.03. The minimum atomic E-state index is -3.37. The fourth-order valence-corrected chi connectivity index (χ4v) is 2.80. The summed E-state index contributed by atoms with van der Waals surface area (Å²) in [4.78, 5) is 12.2. The zero-order chi connectivity index (χ0) is 16.4. The van der Waals surface area contributed by atoms with E-state index in [-0.39, 0.29) is 11.6 Å². The van der Waals surface area contributed by atoms with Crippen molar-refractivity contribution in [2.45, 2.75) is 13.0 Å². The van der Waals surface area contributed by atoms with E-state index in [0.29, 0.717) is 23.9 Å². The van der Waals surface area contributed by atoms with Crippen molar-refractivity contribution in [1.29, 1.82) is 0 Å². The normalized spacial score (nSPS) is 13.8. The maximum Gasteiger partial charge on any atom is 0.276 e. The average Bonchev–Trinajstić information content (AvgIpc) is 2.90. The summed E-state index contributed by atoms with van der Waals surface area (Å²) in [5, 5.41) is 6.89. The first kappa shape index (κ1) is 15.3. The van der Waals surface area contributed by atoms with Gasteiger partial charge in [-0.25, -0.2) is 13.1 Å². The van der Waals surface area contributed by atoms with E-state index in [1.54, 1.807) is 28.9 Å². The molecule has 0 radical (unpaired) electrons. The van der Waals surface area contributed by atoms with Crippen LogP contribution in [0.2, 0.25) is 0 Å². The molecule has 3 rings (SSSR count). The number of carbonyl (C=O) groups excluding carboxylic acids is 1. The molecule has 1 aliphatic rings. The topological polar surface area (TPSA) is 102 Å². The molecule has 0 unspecified atom stereocenters. The van der Waals surface area contributed by atoms with Gasteiger partial charge in [0.25, 0.3) is 5.91 Å². The lowest BCUT2D eigenvalue weighted by atomic mass is 10.2. The molecule has 2 heterocycles. The van der Waals surface area contributed by atoms with E-state index in [1.807, 2.05) is 0 Å². The Hall–Kier alpha value is -2.55. The van der Waals surface area contributed by atoms with Gasteiger partial charge in [-0.1, -0.05) is 6.07 Å². The number of aromatic nitrogens is 2. The molecule has 1 amide bonds. The zero-order valence-corrected chi connectivity index (χ0v) is 13.3. The van der Waals surface area contributed by atoms with E-state index >= 15 is 0 Å². The minimum absolute atomic E-state index is 0.253. The van der Waals surface area contributed by atoms with Crippen molar-refractivity contribution in [3.8, 4) is 5.88 Å². The predicted molar refractivity (Wildman–Crippen MR) is 85.2 cm³/mol. The van der Waals surface area contributed by atoms with Crippen molar-refractivity contribution >= 4 is 27.3 Å². The second-order valence-corrected chi connectivity index (χ2v) is 6.95. The third kappa shape index (κ3) is 3.81. The zero-order valence-electron chi connectivity index (χ0n) is 12.4. The molecule has 0 bridgehead atoms. The molecule has 1 aromatic carbocycles. The summed E-state index contributed by atoms with van der Waals surface area (Å²) in [6.45, 7) is 1.34. The fourth-order valence-electron chi connectivity index (χ4n) is 2.25. The van der Waals surface area contributed by atoms with Crippen LogP contribution in [-0.4, -0.2) is 37.0 Å². The second-order valence-electron chi connectivity index (χ2n) is 5.20. The number of fused-ring (bicyclic) bond motifs is 1. The SMILES string of the molecule is CS(=O)(=O)Nc1cccc(NC(=O)c2cc3n(n2)CCCO3)c1. The van der Waals surface area contributed by atoms with Crippen LogP contribution in [0.25, 0.3) is 0 Å². The molecule has 0 saturated carbocycles. The van der Waals surface area contributed by atoms with Crippen LogP contribution in [-0.2, 0) is 16.6 Å². The first-order valence-corrected chi connectivity index (χ1v) is 8.90. The summed E-state index contributed by atoms with van der Waals surface area (Å²) in [6.07, 6.45) is 1.92.